The lowest BCUT2D eigenvalue weighted by atomic mass is 10.0. The molecule has 110 valence electrons. The Hall–Kier alpha value is -2.20. The van der Waals surface area contributed by atoms with Crippen LogP contribution in [-0.4, -0.2) is 5.91 Å². The topological polar surface area (TPSA) is 55.1 Å². The molecule has 0 bridgehead atoms. The summed E-state index contributed by atoms with van der Waals surface area (Å²) < 4.78 is 13.2. The summed E-state index contributed by atoms with van der Waals surface area (Å²) in [5.41, 5.74) is 8.29. The van der Waals surface area contributed by atoms with E-state index in [0.29, 0.717) is 6.54 Å². The molecule has 1 unspecified atom stereocenters. The van der Waals surface area contributed by atoms with E-state index in [1.54, 1.807) is 12.1 Å². The van der Waals surface area contributed by atoms with Crippen molar-refractivity contribution >= 4 is 5.91 Å². The fourth-order valence-electron chi connectivity index (χ4n) is 2.25. The molecular formula is C17H19FN2O. The van der Waals surface area contributed by atoms with Crippen LogP contribution in [-0.2, 0) is 17.8 Å². The molecule has 0 aliphatic carbocycles. The molecule has 21 heavy (non-hydrogen) atoms. The zero-order valence-corrected chi connectivity index (χ0v) is 12.0. The summed E-state index contributed by atoms with van der Waals surface area (Å²) in [4.78, 5) is 12.1. The van der Waals surface area contributed by atoms with Crippen LogP contribution in [0.4, 0.5) is 4.39 Å². The number of amides is 1. The van der Waals surface area contributed by atoms with Crippen LogP contribution < -0.4 is 11.1 Å². The van der Waals surface area contributed by atoms with E-state index in [9.17, 15) is 9.18 Å². The number of carbonyl (C=O) groups is 1. The van der Waals surface area contributed by atoms with Crippen molar-refractivity contribution in [2.45, 2.75) is 25.9 Å². The maximum Gasteiger partial charge on any atom is 0.224 e. The van der Waals surface area contributed by atoms with E-state index in [-0.39, 0.29) is 24.2 Å². The molecule has 3 nitrogen and oxygen atoms in total. The molecule has 2 aromatic carbocycles. The van der Waals surface area contributed by atoms with E-state index in [4.69, 9.17) is 5.73 Å². The number of rotatable bonds is 5. The third-order valence-electron chi connectivity index (χ3n) is 3.42. The minimum atomic E-state index is -0.304. The summed E-state index contributed by atoms with van der Waals surface area (Å²) >= 11 is 0. The van der Waals surface area contributed by atoms with Crippen molar-refractivity contribution in [2.24, 2.45) is 5.73 Å². The third-order valence-corrected chi connectivity index (χ3v) is 3.42. The highest BCUT2D eigenvalue weighted by Gasteiger charge is 2.12. The molecule has 4 heteroatoms. The van der Waals surface area contributed by atoms with Crippen LogP contribution in [0, 0.1) is 5.82 Å². The van der Waals surface area contributed by atoms with Crippen molar-refractivity contribution in [3.05, 3.63) is 71.0 Å². The van der Waals surface area contributed by atoms with Gasteiger partial charge in [-0.05, 0) is 35.7 Å². The first-order chi connectivity index (χ1) is 10.1. The van der Waals surface area contributed by atoms with Crippen LogP contribution in [0.2, 0.25) is 0 Å². The van der Waals surface area contributed by atoms with Crippen molar-refractivity contribution < 1.29 is 9.18 Å². The van der Waals surface area contributed by atoms with E-state index in [1.807, 2.05) is 31.2 Å². The van der Waals surface area contributed by atoms with Gasteiger partial charge >= 0.3 is 0 Å². The Bertz CT molecular complexity index is 628. The summed E-state index contributed by atoms with van der Waals surface area (Å²) in [6.07, 6.45) is 0.271. The van der Waals surface area contributed by atoms with Gasteiger partial charge in [0.25, 0.3) is 0 Å². The lowest BCUT2D eigenvalue weighted by molar-refractivity contribution is -0.121. The van der Waals surface area contributed by atoms with E-state index >= 15 is 0 Å². The van der Waals surface area contributed by atoms with E-state index in [2.05, 4.69) is 5.32 Å². The number of hydrogen-bond donors (Lipinski definition) is 2. The van der Waals surface area contributed by atoms with Gasteiger partial charge in [-0.1, -0.05) is 36.4 Å². The van der Waals surface area contributed by atoms with Crippen LogP contribution in [0.5, 0.6) is 0 Å². The van der Waals surface area contributed by atoms with Crippen LogP contribution in [0.3, 0.4) is 0 Å². The van der Waals surface area contributed by atoms with Gasteiger partial charge in [-0.15, -0.1) is 0 Å². The summed E-state index contributed by atoms with van der Waals surface area (Å²) in [5, 5.41) is 2.88. The molecule has 0 aliphatic heterocycles. The molecule has 0 aromatic heterocycles. The third kappa shape index (κ3) is 4.13. The maximum atomic E-state index is 13.2. The Balaban J connectivity index is 2.01. The highest BCUT2D eigenvalue weighted by molar-refractivity contribution is 5.79. The van der Waals surface area contributed by atoms with E-state index in [1.165, 1.54) is 12.1 Å². The van der Waals surface area contributed by atoms with Gasteiger partial charge in [0.1, 0.15) is 5.82 Å². The molecule has 2 rings (SSSR count). The van der Waals surface area contributed by atoms with Gasteiger partial charge in [0, 0.05) is 6.54 Å². The predicted octanol–water partition coefficient (Wildman–Crippen LogP) is 2.70. The SMILES string of the molecule is CC(NC(=O)Cc1ccccc1CN)c1cccc(F)c1. The molecule has 0 radical (unpaired) electrons. The fourth-order valence-corrected chi connectivity index (χ4v) is 2.25. The van der Waals surface area contributed by atoms with Gasteiger partial charge in [-0.25, -0.2) is 4.39 Å². The van der Waals surface area contributed by atoms with Crippen molar-refractivity contribution in [1.29, 1.82) is 0 Å². The van der Waals surface area contributed by atoms with Crippen LogP contribution >= 0.6 is 0 Å². The average Bonchev–Trinajstić information content (AvgIpc) is 2.47. The number of nitrogens with two attached hydrogens (primary N) is 1. The first kappa shape index (κ1) is 15.2. The first-order valence-corrected chi connectivity index (χ1v) is 6.92. The van der Waals surface area contributed by atoms with Gasteiger partial charge in [-0.3, -0.25) is 4.79 Å². The monoisotopic (exact) mass is 286 g/mol. The van der Waals surface area contributed by atoms with Gasteiger partial charge < -0.3 is 11.1 Å². The minimum absolute atomic E-state index is 0.104. The molecule has 1 atom stereocenters. The molecule has 0 heterocycles. The maximum absolute atomic E-state index is 13.2. The fraction of sp³-hybridized carbons (Fsp3) is 0.235. The normalized spacial score (nSPS) is 12.0. The van der Waals surface area contributed by atoms with Crippen molar-refractivity contribution in [2.75, 3.05) is 0 Å². The smallest absolute Gasteiger partial charge is 0.224 e. The van der Waals surface area contributed by atoms with Crippen molar-refractivity contribution in [1.82, 2.24) is 5.32 Å². The summed E-state index contributed by atoms with van der Waals surface area (Å²) in [5.74, 6) is -0.408. The van der Waals surface area contributed by atoms with Crippen molar-refractivity contribution in [3.8, 4) is 0 Å². The first-order valence-electron chi connectivity index (χ1n) is 6.92. The summed E-state index contributed by atoms with van der Waals surface area (Å²) in [7, 11) is 0. The Morgan fingerprint density at radius 1 is 1.19 bits per heavy atom. The Kier molecular flexibility index (Phi) is 5.06. The number of carbonyl (C=O) groups excluding carboxylic acids is 1. The lowest BCUT2D eigenvalue weighted by Crippen LogP contribution is -2.28. The standard InChI is InChI=1S/C17H19FN2O/c1-12(13-7-4-8-16(18)9-13)20-17(21)10-14-5-2-3-6-15(14)11-19/h2-9,12H,10-11,19H2,1H3,(H,20,21). The predicted molar refractivity (Wildman–Crippen MR) is 81.0 cm³/mol. The highest BCUT2D eigenvalue weighted by atomic mass is 19.1. The molecule has 1 amide bonds. The molecule has 0 fully saturated rings. The highest BCUT2D eigenvalue weighted by Crippen LogP contribution is 2.14. The summed E-state index contributed by atoms with van der Waals surface area (Å²) in [6, 6.07) is 13.6. The van der Waals surface area contributed by atoms with Gasteiger partial charge in [0.05, 0.1) is 12.5 Å². The quantitative estimate of drug-likeness (QED) is 0.888. The zero-order chi connectivity index (χ0) is 15.2. The molecule has 0 spiro atoms. The van der Waals surface area contributed by atoms with E-state index < -0.39 is 0 Å². The number of nitrogens with one attached hydrogen (secondary N) is 1. The lowest BCUT2D eigenvalue weighted by Gasteiger charge is -2.15. The summed E-state index contributed by atoms with van der Waals surface area (Å²) in [6.45, 7) is 2.24. The molecular weight excluding hydrogens is 267 g/mol. The molecule has 0 aliphatic rings. The van der Waals surface area contributed by atoms with E-state index in [0.717, 1.165) is 16.7 Å². The minimum Gasteiger partial charge on any atom is -0.349 e. The molecule has 2 aromatic rings. The van der Waals surface area contributed by atoms with Gasteiger partial charge in [-0.2, -0.15) is 0 Å². The zero-order valence-electron chi connectivity index (χ0n) is 12.0. The second kappa shape index (κ2) is 6.99. The van der Waals surface area contributed by atoms with Crippen LogP contribution in [0.25, 0.3) is 0 Å². The molecule has 3 N–H and O–H groups in total. The Morgan fingerprint density at radius 3 is 2.57 bits per heavy atom. The number of halogens is 1. The van der Waals surface area contributed by atoms with Gasteiger partial charge in [0.2, 0.25) is 5.91 Å². The number of hydrogen-bond acceptors (Lipinski definition) is 2. The van der Waals surface area contributed by atoms with Gasteiger partial charge in [0.15, 0.2) is 0 Å². The second-order valence-corrected chi connectivity index (χ2v) is 4.99. The second-order valence-electron chi connectivity index (χ2n) is 4.99. The molecule has 0 saturated heterocycles. The molecule has 0 saturated carbocycles. The Morgan fingerprint density at radius 2 is 1.90 bits per heavy atom. The average molecular weight is 286 g/mol. The largest absolute Gasteiger partial charge is 0.349 e. The Labute approximate surface area is 124 Å². The van der Waals surface area contributed by atoms with Crippen molar-refractivity contribution in [3.63, 3.8) is 0 Å². The van der Waals surface area contributed by atoms with Crippen LogP contribution in [0.1, 0.15) is 29.7 Å². The number of benzene rings is 2. The van der Waals surface area contributed by atoms with Crippen LogP contribution in [0.15, 0.2) is 48.5 Å².